The predicted molar refractivity (Wildman–Crippen MR) is 90.6 cm³/mol. The highest BCUT2D eigenvalue weighted by molar-refractivity contribution is 7.85. The van der Waals surface area contributed by atoms with Gasteiger partial charge >= 0.3 is 0 Å². The number of hydrogen-bond donors (Lipinski definition) is 4. The molecule has 0 aliphatic rings. The van der Waals surface area contributed by atoms with Crippen LogP contribution in [0.25, 0.3) is 12.2 Å². The fourth-order valence-electron chi connectivity index (χ4n) is 1.51. The Labute approximate surface area is 135 Å². The van der Waals surface area contributed by atoms with Gasteiger partial charge in [-0.25, -0.2) is 0 Å². The van der Waals surface area contributed by atoms with Crippen molar-refractivity contribution in [2.45, 2.75) is 0 Å². The summed E-state index contributed by atoms with van der Waals surface area (Å²) in [5.74, 6) is 0.177. The highest BCUT2D eigenvalue weighted by Gasteiger charge is 1.98. The minimum absolute atomic E-state index is 0.0289. The van der Waals surface area contributed by atoms with Crippen LogP contribution in [0.1, 0.15) is 11.1 Å². The monoisotopic (exact) mass is 337 g/mol. The molecule has 124 valence electrons. The van der Waals surface area contributed by atoms with Gasteiger partial charge in [-0.05, 0) is 35.4 Å². The van der Waals surface area contributed by atoms with E-state index in [1.54, 1.807) is 24.3 Å². The molecule has 0 fully saturated rings. The molecule has 0 bridgehead atoms. The first-order valence-electron chi connectivity index (χ1n) is 6.71. The van der Waals surface area contributed by atoms with Crippen LogP contribution in [0.5, 0.6) is 11.5 Å². The molecule has 0 radical (unpaired) electrons. The second-order valence-corrected chi connectivity index (χ2v) is 6.16. The van der Waals surface area contributed by atoms with E-state index in [0.717, 1.165) is 11.1 Å². The van der Waals surface area contributed by atoms with Crippen LogP contribution in [0.2, 0.25) is 0 Å². The second kappa shape index (κ2) is 8.94. The van der Waals surface area contributed by atoms with Gasteiger partial charge in [-0.3, -0.25) is 4.55 Å². The molecule has 0 spiro atoms. The summed E-state index contributed by atoms with van der Waals surface area (Å²) in [6.07, 6.45) is 3.90. The van der Waals surface area contributed by atoms with Crippen LogP contribution in [0.4, 0.5) is 0 Å². The Kier molecular flexibility index (Phi) is 7.27. The first-order chi connectivity index (χ1) is 10.8. The molecule has 23 heavy (non-hydrogen) atoms. The third kappa shape index (κ3) is 8.62. The van der Waals surface area contributed by atoms with E-state index in [0.29, 0.717) is 0 Å². The van der Waals surface area contributed by atoms with E-state index >= 15 is 0 Å². The van der Waals surface area contributed by atoms with Crippen LogP contribution in [-0.4, -0.2) is 35.5 Å². The molecule has 0 aliphatic heterocycles. The molecular weight excluding hydrogens is 318 g/mol. The third-order valence-electron chi connectivity index (χ3n) is 2.63. The van der Waals surface area contributed by atoms with Gasteiger partial charge < -0.3 is 15.9 Å². The lowest BCUT2D eigenvalue weighted by atomic mass is 10.1. The van der Waals surface area contributed by atoms with Crippen LogP contribution in [0, 0.1) is 0 Å². The topological polar surface area (TPSA) is 121 Å². The molecule has 0 heterocycles. The summed E-state index contributed by atoms with van der Waals surface area (Å²) in [6, 6.07) is 14.0. The van der Waals surface area contributed by atoms with Gasteiger partial charge in [-0.2, -0.15) is 8.42 Å². The molecule has 0 aromatic heterocycles. The molecule has 0 aliphatic carbocycles. The SMILES string of the molecule is NCCS(=O)(=O)O.Oc1ccc(C=Cc2ccc(O)cc2)cc1. The van der Waals surface area contributed by atoms with Gasteiger partial charge in [0.15, 0.2) is 0 Å². The maximum absolute atomic E-state index is 9.71. The van der Waals surface area contributed by atoms with Crippen molar-refractivity contribution >= 4 is 22.3 Å². The highest BCUT2D eigenvalue weighted by Crippen LogP contribution is 2.14. The van der Waals surface area contributed by atoms with E-state index in [2.05, 4.69) is 0 Å². The summed E-state index contributed by atoms with van der Waals surface area (Å²) in [5.41, 5.74) is 6.81. The third-order valence-corrected chi connectivity index (χ3v) is 3.38. The van der Waals surface area contributed by atoms with E-state index in [4.69, 9.17) is 20.5 Å². The molecule has 5 N–H and O–H groups in total. The standard InChI is InChI=1S/C14H12O2.C2H7NO3S/c15-13-7-3-11(4-8-13)1-2-12-5-9-14(16)10-6-12;3-1-2-7(4,5)6/h1-10,15-16H;1-3H2,(H,4,5,6). The summed E-state index contributed by atoms with van der Waals surface area (Å²) >= 11 is 0. The zero-order chi connectivity index (χ0) is 17.3. The van der Waals surface area contributed by atoms with Crippen LogP contribution in [-0.2, 0) is 10.1 Å². The normalized spacial score (nSPS) is 11.0. The summed E-state index contributed by atoms with van der Waals surface area (Å²) in [6.45, 7) is -0.0289. The van der Waals surface area contributed by atoms with Gasteiger partial charge in [0.25, 0.3) is 10.1 Å². The number of benzene rings is 2. The van der Waals surface area contributed by atoms with Crippen molar-refractivity contribution in [1.29, 1.82) is 0 Å². The lowest BCUT2D eigenvalue weighted by Gasteiger charge is -1.96. The van der Waals surface area contributed by atoms with Crippen LogP contribution >= 0.6 is 0 Å². The van der Waals surface area contributed by atoms with Crippen molar-refractivity contribution in [3.8, 4) is 11.5 Å². The Bertz CT molecular complexity index is 675. The molecule has 0 saturated carbocycles. The molecule has 0 amide bonds. The lowest BCUT2D eigenvalue weighted by Crippen LogP contribution is -2.13. The van der Waals surface area contributed by atoms with Gasteiger partial charge in [-0.15, -0.1) is 0 Å². The van der Waals surface area contributed by atoms with Crippen molar-refractivity contribution < 1.29 is 23.2 Å². The van der Waals surface area contributed by atoms with Crippen molar-refractivity contribution in [2.75, 3.05) is 12.3 Å². The van der Waals surface area contributed by atoms with Crippen LogP contribution < -0.4 is 5.73 Å². The minimum atomic E-state index is -3.80. The lowest BCUT2D eigenvalue weighted by molar-refractivity contribution is 0.474. The number of aromatic hydroxyl groups is 2. The number of phenols is 2. The fourth-order valence-corrected chi connectivity index (χ4v) is 1.81. The summed E-state index contributed by atoms with van der Waals surface area (Å²) < 4.78 is 27.3. The van der Waals surface area contributed by atoms with Crippen molar-refractivity contribution in [3.63, 3.8) is 0 Å². The van der Waals surface area contributed by atoms with E-state index in [-0.39, 0.29) is 23.8 Å². The molecule has 7 heteroatoms. The number of rotatable bonds is 4. The smallest absolute Gasteiger partial charge is 0.266 e. The van der Waals surface area contributed by atoms with Gasteiger partial charge in [-0.1, -0.05) is 36.4 Å². The second-order valence-electron chi connectivity index (χ2n) is 4.59. The van der Waals surface area contributed by atoms with Gasteiger partial charge in [0.2, 0.25) is 0 Å². The van der Waals surface area contributed by atoms with Crippen molar-refractivity contribution in [2.24, 2.45) is 5.73 Å². The molecule has 0 saturated heterocycles. The number of hydrogen-bond acceptors (Lipinski definition) is 5. The first-order valence-corrected chi connectivity index (χ1v) is 8.32. The first kappa shape index (κ1) is 18.7. The molecule has 0 unspecified atom stereocenters. The Hall–Kier alpha value is -2.35. The van der Waals surface area contributed by atoms with E-state index in [1.807, 2.05) is 36.4 Å². The fraction of sp³-hybridized carbons (Fsp3) is 0.125. The molecule has 2 rings (SSSR count). The predicted octanol–water partition coefficient (Wildman–Crippen LogP) is 2.10. The summed E-state index contributed by atoms with van der Waals surface area (Å²) in [4.78, 5) is 0. The van der Waals surface area contributed by atoms with E-state index in [1.165, 1.54) is 0 Å². The number of nitrogens with two attached hydrogens (primary N) is 1. The van der Waals surface area contributed by atoms with Gasteiger partial charge in [0.05, 0.1) is 5.75 Å². The quantitative estimate of drug-likeness (QED) is 0.501. The molecule has 2 aromatic carbocycles. The maximum atomic E-state index is 9.71. The van der Waals surface area contributed by atoms with Gasteiger partial charge in [0, 0.05) is 6.54 Å². The average molecular weight is 337 g/mol. The Morgan fingerprint density at radius 3 is 1.39 bits per heavy atom. The Morgan fingerprint density at radius 2 is 1.17 bits per heavy atom. The molecule has 2 aromatic rings. The summed E-state index contributed by atoms with van der Waals surface area (Å²) in [7, 11) is -3.80. The maximum Gasteiger partial charge on any atom is 0.266 e. The van der Waals surface area contributed by atoms with E-state index in [9.17, 15) is 8.42 Å². The van der Waals surface area contributed by atoms with E-state index < -0.39 is 10.1 Å². The van der Waals surface area contributed by atoms with Crippen molar-refractivity contribution in [1.82, 2.24) is 0 Å². The minimum Gasteiger partial charge on any atom is -0.508 e. The van der Waals surface area contributed by atoms with Crippen LogP contribution in [0.15, 0.2) is 48.5 Å². The highest BCUT2D eigenvalue weighted by atomic mass is 32.2. The molecule has 0 atom stereocenters. The van der Waals surface area contributed by atoms with Crippen LogP contribution in [0.3, 0.4) is 0 Å². The summed E-state index contributed by atoms with van der Waals surface area (Å²) in [5, 5.41) is 18.2. The number of phenolic OH excluding ortho intramolecular Hbond substituents is 2. The Morgan fingerprint density at radius 1 is 0.826 bits per heavy atom. The zero-order valence-corrected chi connectivity index (χ0v) is 13.1. The van der Waals surface area contributed by atoms with Crippen molar-refractivity contribution in [3.05, 3.63) is 59.7 Å². The Balaban J connectivity index is 0.000000322. The molecule has 6 nitrogen and oxygen atoms in total. The zero-order valence-electron chi connectivity index (χ0n) is 12.3. The largest absolute Gasteiger partial charge is 0.508 e. The van der Waals surface area contributed by atoms with Gasteiger partial charge in [0.1, 0.15) is 11.5 Å². The molecular formula is C16H19NO5S. The average Bonchev–Trinajstić information content (AvgIpc) is 2.48.